The lowest BCUT2D eigenvalue weighted by Crippen LogP contribution is -2.54. The minimum Gasteiger partial charge on any atom is -0.342 e. The minimum absolute atomic E-state index is 0.345. The summed E-state index contributed by atoms with van der Waals surface area (Å²) in [6.45, 7) is 6.10. The summed E-state index contributed by atoms with van der Waals surface area (Å²) in [6, 6.07) is 11.1. The van der Waals surface area contributed by atoms with E-state index in [1.54, 1.807) is 11.3 Å². The van der Waals surface area contributed by atoms with Gasteiger partial charge in [-0.15, -0.1) is 11.3 Å². The number of hydrogen-bond donors (Lipinski definition) is 0. The van der Waals surface area contributed by atoms with Crippen LogP contribution in [0.3, 0.4) is 0 Å². The SMILES string of the molecule is Cc1nc2sccn2c1CN1CCC[C@@H]2CN(C(=O)CCCc3ccccc3)CC[C@@H]21. The summed E-state index contributed by atoms with van der Waals surface area (Å²) in [5.41, 5.74) is 3.81. The van der Waals surface area contributed by atoms with Crippen molar-refractivity contribution in [1.29, 1.82) is 0 Å². The highest BCUT2D eigenvalue weighted by molar-refractivity contribution is 7.15. The summed E-state index contributed by atoms with van der Waals surface area (Å²) in [5, 5.41) is 2.12. The third kappa shape index (κ3) is 4.41. The number of amides is 1. The van der Waals surface area contributed by atoms with E-state index in [4.69, 9.17) is 4.98 Å². The molecule has 2 aliphatic rings. The first-order valence-corrected chi connectivity index (χ1v) is 12.5. The van der Waals surface area contributed by atoms with Crippen LogP contribution in [0.25, 0.3) is 4.96 Å². The average Bonchev–Trinajstić information content (AvgIpc) is 3.36. The topological polar surface area (TPSA) is 40.9 Å². The van der Waals surface area contributed by atoms with Crippen LogP contribution in [0, 0.1) is 12.8 Å². The predicted octanol–water partition coefficient (Wildman–Crippen LogP) is 4.54. The van der Waals surface area contributed by atoms with Gasteiger partial charge in [-0.2, -0.15) is 0 Å². The maximum atomic E-state index is 12.9. The Balaban J connectivity index is 1.17. The lowest BCUT2D eigenvalue weighted by atomic mass is 9.83. The number of likely N-dealkylation sites (tertiary alicyclic amines) is 2. The molecule has 2 aliphatic heterocycles. The van der Waals surface area contributed by atoms with Crippen molar-refractivity contribution in [2.24, 2.45) is 5.92 Å². The molecule has 5 nitrogen and oxygen atoms in total. The number of piperidine rings is 2. The molecular weight excluding hydrogens is 404 g/mol. The number of aromatic nitrogens is 2. The number of carbonyl (C=O) groups is 1. The summed E-state index contributed by atoms with van der Waals surface area (Å²) in [5.74, 6) is 0.949. The lowest BCUT2D eigenvalue weighted by Gasteiger charge is -2.47. The molecule has 0 bridgehead atoms. The molecule has 0 unspecified atom stereocenters. The van der Waals surface area contributed by atoms with Gasteiger partial charge in [-0.25, -0.2) is 4.98 Å². The molecule has 3 aromatic rings. The second-order valence-corrected chi connectivity index (χ2v) is 9.98. The zero-order chi connectivity index (χ0) is 21.2. The van der Waals surface area contributed by atoms with Crippen molar-refractivity contribution >= 4 is 22.2 Å². The Kier molecular flexibility index (Phi) is 6.10. The summed E-state index contributed by atoms with van der Waals surface area (Å²) in [4.78, 5) is 23.5. The second-order valence-electron chi connectivity index (χ2n) is 9.11. The van der Waals surface area contributed by atoms with Crippen LogP contribution in [0.1, 0.15) is 49.1 Å². The summed E-state index contributed by atoms with van der Waals surface area (Å²) in [6.07, 6.45) is 8.31. The van der Waals surface area contributed by atoms with E-state index in [-0.39, 0.29) is 0 Å². The maximum Gasteiger partial charge on any atom is 0.222 e. The van der Waals surface area contributed by atoms with E-state index < -0.39 is 0 Å². The van der Waals surface area contributed by atoms with Gasteiger partial charge in [0, 0.05) is 43.7 Å². The molecule has 0 spiro atoms. The molecule has 0 radical (unpaired) electrons. The third-order valence-corrected chi connectivity index (χ3v) is 7.91. The van der Waals surface area contributed by atoms with Gasteiger partial charge < -0.3 is 4.90 Å². The van der Waals surface area contributed by atoms with Gasteiger partial charge in [-0.3, -0.25) is 14.1 Å². The van der Waals surface area contributed by atoms with E-state index in [9.17, 15) is 4.79 Å². The molecule has 0 saturated carbocycles. The van der Waals surface area contributed by atoms with Gasteiger partial charge in [-0.05, 0) is 57.1 Å². The van der Waals surface area contributed by atoms with Crippen LogP contribution in [0.4, 0.5) is 0 Å². The molecular formula is C25H32N4OS. The van der Waals surface area contributed by atoms with E-state index in [0.717, 1.165) is 56.1 Å². The molecule has 2 atom stereocenters. The van der Waals surface area contributed by atoms with E-state index in [1.165, 1.54) is 24.1 Å². The molecule has 1 aromatic carbocycles. The van der Waals surface area contributed by atoms with Crippen molar-refractivity contribution in [3.63, 3.8) is 0 Å². The predicted molar refractivity (Wildman–Crippen MR) is 125 cm³/mol. The van der Waals surface area contributed by atoms with E-state index in [1.807, 2.05) is 6.07 Å². The van der Waals surface area contributed by atoms with Crippen LogP contribution in [0.5, 0.6) is 0 Å². The van der Waals surface area contributed by atoms with Crippen LogP contribution < -0.4 is 0 Å². The van der Waals surface area contributed by atoms with Crippen molar-refractivity contribution in [1.82, 2.24) is 19.2 Å². The molecule has 2 aromatic heterocycles. The number of fused-ring (bicyclic) bond motifs is 2. The fourth-order valence-electron chi connectivity index (χ4n) is 5.50. The van der Waals surface area contributed by atoms with Gasteiger partial charge in [0.15, 0.2) is 4.96 Å². The highest BCUT2D eigenvalue weighted by atomic mass is 32.1. The van der Waals surface area contributed by atoms with Crippen LogP contribution >= 0.6 is 11.3 Å². The van der Waals surface area contributed by atoms with Crippen molar-refractivity contribution < 1.29 is 4.79 Å². The molecule has 2 fully saturated rings. The van der Waals surface area contributed by atoms with Gasteiger partial charge >= 0.3 is 0 Å². The Labute approximate surface area is 188 Å². The molecule has 5 rings (SSSR count). The van der Waals surface area contributed by atoms with Gasteiger partial charge in [-0.1, -0.05) is 30.3 Å². The van der Waals surface area contributed by atoms with Crippen molar-refractivity contribution in [2.75, 3.05) is 19.6 Å². The summed E-state index contributed by atoms with van der Waals surface area (Å²) in [7, 11) is 0. The van der Waals surface area contributed by atoms with Gasteiger partial charge in [0.1, 0.15) is 0 Å². The number of nitrogens with zero attached hydrogens (tertiary/aromatic N) is 4. The molecule has 2 saturated heterocycles. The Bertz CT molecular complexity index is 1030. The van der Waals surface area contributed by atoms with Gasteiger partial charge in [0.2, 0.25) is 5.91 Å². The third-order valence-electron chi connectivity index (χ3n) is 7.15. The number of hydrogen-bond acceptors (Lipinski definition) is 4. The largest absolute Gasteiger partial charge is 0.342 e. The van der Waals surface area contributed by atoms with Gasteiger partial charge in [0.05, 0.1) is 11.4 Å². The number of benzene rings is 1. The van der Waals surface area contributed by atoms with Crippen molar-refractivity contribution in [2.45, 2.75) is 58.0 Å². The number of aryl methyl sites for hydroxylation is 2. The fourth-order valence-corrected chi connectivity index (χ4v) is 6.28. The quantitative estimate of drug-likeness (QED) is 0.570. The van der Waals surface area contributed by atoms with E-state index in [2.05, 4.69) is 57.0 Å². The standard InChI is InChI=1S/C25H32N4OS/c1-19-23(29-15-16-31-25(29)26-19)18-27-13-6-10-21-17-28(14-12-22(21)27)24(30)11-5-9-20-7-3-2-4-8-20/h2-4,7-8,15-16,21-22H,5-6,9-14,17-18H2,1H3/t21-,22+/m1/s1. The monoisotopic (exact) mass is 436 g/mol. The number of imidazole rings is 1. The van der Waals surface area contributed by atoms with Gasteiger partial charge in [0.25, 0.3) is 0 Å². The summed E-state index contributed by atoms with van der Waals surface area (Å²) < 4.78 is 2.26. The fraction of sp³-hybridized carbons (Fsp3) is 0.520. The number of rotatable bonds is 6. The lowest BCUT2D eigenvalue weighted by molar-refractivity contribution is -0.135. The van der Waals surface area contributed by atoms with E-state index in [0.29, 0.717) is 24.3 Å². The Morgan fingerprint density at radius 1 is 1.19 bits per heavy atom. The maximum absolute atomic E-state index is 12.9. The second kappa shape index (κ2) is 9.13. The smallest absolute Gasteiger partial charge is 0.222 e. The molecule has 0 N–H and O–H groups in total. The van der Waals surface area contributed by atoms with Crippen LogP contribution in [0.2, 0.25) is 0 Å². The zero-order valence-electron chi connectivity index (χ0n) is 18.4. The Morgan fingerprint density at radius 2 is 2.06 bits per heavy atom. The van der Waals surface area contributed by atoms with Crippen molar-refractivity contribution in [3.8, 4) is 0 Å². The molecule has 4 heterocycles. The first kappa shape index (κ1) is 20.7. The van der Waals surface area contributed by atoms with Crippen LogP contribution in [-0.4, -0.2) is 50.8 Å². The normalized spacial score (nSPS) is 22.0. The Hall–Kier alpha value is -2.18. The van der Waals surface area contributed by atoms with Crippen molar-refractivity contribution in [3.05, 3.63) is 58.9 Å². The Morgan fingerprint density at radius 3 is 2.94 bits per heavy atom. The molecule has 31 heavy (non-hydrogen) atoms. The highest BCUT2D eigenvalue weighted by Gasteiger charge is 2.37. The molecule has 1 amide bonds. The first-order chi connectivity index (χ1) is 15.2. The molecule has 164 valence electrons. The highest BCUT2D eigenvalue weighted by Crippen LogP contribution is 2.32. The number of thiazole rings is 1. The van der Waals surface area contributed by atoms with Crippen LogP contribution in [0.15, 0.2) is 41.9 Å². The zero-order valence-corrected chi connectivity index (χ0v) is 19.2. The minimum atomic E-state index is 0.345. The molecule has 0 aliphatic carbocycles. The van der Waals surface area contributed by atoms with E-state index >= 15 is 0 Å². The van der Waals surface area contributed by atoms with Crippen LogP contribution in [-0.2, 0) is 17.8 Å². The first-order valence-electron chi connectivity index (χ1n) is 11.7. The average molecular weight is 437 g/mol. The molecule has 6 heteroatoms. The summed E-state index contributed by atoms with van der Waals surface area (Å²) >= 11 is 1.70. The number of carbonyl (C=O) groups excluding carboxylic acids is 1.